The number of para-hydroxylation sites is 2. The van der Waals surface area contributed by atoms with Crippen molar-refractivity contribution < 1.29 is 25.2 Å². The van der Waals surface area contributed by atoms with Crippen LogP contribution in [-0.4, -0.2) is 36.5 Å². The average molecular weight is 376 g/mol. The number of ether oxygens (including phenoxy) is 1. The summed E-state index contributed by atoms with van der Waals surface area (Å²) in [5.41, 5.74) is 3.16. The fourth-order valence-corrected chi connectivity index (χ4v) is 3.64. The van der Waals surface area contributed by atoms with Gasteiger partial charge in [-0.25, -0.2) is 9.97 Å². The van der Waals surface area contributed by atoms with Crippen molar-refractivity contribution >= 4 is 22.1 Å². The first-order chi connectivity index (χ1) is 13.5. The van der Waals surface area contributed by atoms with E-state index in [4.69, 9.17) is 4.74 Å². The highest BCUT2D eigenvalue weighted by Gasteiger charge is 2.32. The van der Waals surface area contributed by atoms with Gasteiger partial charge in [-0.3, -0.25) is 0 Å². The summed E-state index contributed by atoms with van der Waals surface area (Å²) < 4.78 is 5.85. The lowest BCUT2D eigenvalue weighted by Gasteiger charge is -2.31. The van der Waals surface area contributed by atoms with E-state index in [9.17, 15) is 20.4 Å². The van der Waals surface area contributed by atoms with Crippen LogP contribution in [0.15, 0.2) is 48.5 Å². The molecule has 2 atom stereocenters. The van der Waals surface area contributed by atoms with Gasteiger partial charge in [0.1, 0.15) is 28.5 Å². The number of aromatic nitrogens is 2. The van der Waals surface area contributed by atoms with E-state index in [2.05, 4.69) is 9.97 Å². The summed E-state index contributed by atoms with van der Waals surface area (Å²) in [5.74, 6) is -0.0423. The van der Waals surface area contributed by atoms with E-state index in [-0.39, 0.29) is 29.4 Å². The van der Waals surface area contributed by atoms with Crippen molar-refractivity contribution in [1.82, 2.24) is 9.97 Å². The molecule has 4 aromatic rings. The van der Waals surface area contributed by atoms with Crippen LogP contribution in [0.1, 0.15) is 17.2 Å². The van der Waals surface area contributed by atoms with Gasteiger partial charge in [0.15, 0.2) is 6.10 Å². The van der Waals surface area contributed by atoms with Crippen LogP contribution in [0.4, 0.5) is 0 Å². The van der Waals surface area contributed by atoms with Crippen LogP contribution in [0.2, 0.25) is 0 Å². The highest BCUT2D eigenvalue weighted by Crippen LogP contribution is 2.42. The zero-order valence-corrected chi connectivity index (χ0v) is 14.6. The number of phenols is 3. The van der Waals surface area contributed by atoms with E-state index in [1.165, 1.54) is 18.2 Å². The van der Waals surface area contributed by atoms with Gasteiger partial charge >= 0.3 is 0 Å². The maximum atomic E-state index is 10.6. The van der Waals surface area contributed by atoms with Crippen LogP contribution in [0.25, 0.3) is 22.1 Å². The fraction of sp³-hybridized carbons (Fsp3) is 0.143. The van der Waals surface area contributed by atoms with Crippen LogP contribution < -0.4 is 4.74 Å². The molecule has 0 aliphatic carbocycles. The van der Waals surface area contributed by atoms with Gasteiger partial charge in [0.2, 0.25) is 0 Å². The topological polar surface area (TPSA) is 116 Å². The van der Waals surface area contributed by atoms with Crippen molar-refractivity contribution in [2.45, 2.75) is 18.6 Å². The minimum absolute atomic E-state index is 0.0638. The largest absolute Gasteiger partial charge is 0.508 e. The van der Waals surface area contributed by atoms with Gasteiger partial charge in [-0.05, 0) is 24.3 Å². The molecule has 0 saturated carbocycles. The molecule has 0 fully saturated rings. The predicted molar refractivity (Wildman–Crippen MR) is 102 cm³/mol. The number of phenolic OH excluding ortho intramolecular Hbond substituents is 3. The Kier molecular flexibility index (Phi) is 3.53. The predicted octanol–water partition coefficient (Wildman–Crippen LogP) is 2.94. The normalized spacial score (nSPS) is 18.8. The number of aliphatic hydroxyl groups excluding tert-OH is 1. The molecule has 0 radical (unpaired) electrons. The first-order valence-electron chi connectivity index (χ1n) is 8.78. The Morgan fingerprint density at radius 1 is 0.857 bits per heavy atom. The van der Waals surface area contributed by atoms with E-state index < -0.39 is 12.2 Å². The minimum Gasteiger partial charge on any atom is -0.508 e. The second kappa shape index (κ2) is 5.97. The summed E-state index contributed by atoms with van der Waals surface area (Å²) in [6.07, 6.45) is -1.60. The first kappa shape index (κ1) is 16.6. The molecule has 3 aromatic carbocycles. The highest BCUT2D eigenvalue weighted by atomic mass is 16.5. The molecule has 7 heteroatoms. The van der Waals surface area contributed by atoms with Crippen molar-refractivity contribution in [3.63, 3.8) is 0 Å². The Morgan fingerprint density at radius 2 is 1.61 bits per heavy atom. The molecule has 28 heavy (non-hydrogen) atoms. The molecule has 0 spiro atoms. The third-order valence-corrected chi connectivity index (χ3v) is 4.96. The van der Waals surface area contributed by atoms with Gasteiger partial charge in [0.05, 0.1) is 22.7 Å². The van der Waals surface area contributed by atoms with Crippen LogP contribution in [0.5, 0.6) is 23.0 Å². The summed E-state index contributed by atoms with van der Waals surface area (Å²) in [7, 11) is 0. The summed E-state index contributed by atoms with van der Waals surface area (Å²) in [6.45, 7) is 0. The lowest BCUT2D eigenvalue weighted by molar-refractivity contribution is 0.0198. The monoisotopic (exact) mass is 376 g/mol. The Morgan fingerprint density at radius 3 is 2.39 bits per heavy atom. The number of hydrogen-bond donors (Lipinski definition) is 4. The first-order valence-corrected chi connectivity index (χ1v) is 8.78. The zero-order chi connectivity index (χ0) is 19.4. The van der Waals surface area contributed by atoms with Crippen molar-refractivity contribution in [3.8, 4) is 23.0 Å². The minimum atomic E-state index is -0.951. The molecule has 1 aliphatic rings. The van der Waals surface area contributed by atoms with Gasteiger partial charge in [-0.15, -0.1) is 0 Å². The van der Waals surface area contributed by atoms with Crippen LogP contribution in [0, 0.1) is 0 Å². The molecule has 0 saturated heterocycles. The molecule has 1 aliphatic heterocycles. The van der Waals surface area contributed by atoms with Gasteiger partial charge in [0.25, 0.3) is 0 Å². The van der Waals surface area contributed by atoms with Gasteiger partial charge < -0.3 is 25.2 Å². The smallest absolute Gasteiger partial charge is 0.150 e. The molecule has 140 valence electrons. The molecule has 1 aromatic heterocycles. The number of fused-ring (bicyclic) bond motifs is 3. The SMILES string of the molecule is Oc1cc(O)c2c(c1)O[C@H](c1cc(O)c3nc4ccccc4nc3c1)[C@H](O)C2. The quantitative estimate of drug-likeness (QED) is 0.378. The average Bonchev–Trinajstić information content (AvgIpc) is 2.67. The fourth-order valence-electron chi connectivity index (χ4n) is 3.64. The molecule has 0 unspecified atom stereocenters. The number of nitrogens with zero attached hydrogens (tertiary/aromatic N) is 2. The summed E-state index contributed by atoms with van der Waals surface area (Å²) >= 11 is 0. The number of rotatable bonds is 1. The van der Waals surface area contributed by atoms with Gasteiger partial charge in [-0.2, -0.15) is 0 Å². The number of aromatic hydroxyl groups is 3. The summed E-state index contributed by atoms with van der Waals surface area (Å²) in [4.78, 5) is 9.01. The Labute approximate surface area is 159 Å². The number of aliphatic hydroxyl groups is 1. The van der Waals surface area contributed by atoms with E-state index in [0.29, 0.717) is 33.2 Å². The van der Waals surface area contributed by atoms with E-state index in [1.54, 1.807) is 6.07 Å². The van der Waals surface area contributed by atoms with E-state index in [0.717, 1.165) is 0 Å². The van der Waals surface area contributed by atoms with E-state index in [1.807, 2.05) is 24.3 Å². The third-order valence-electron chi connectivity index (χ3n) is 4.96. The summed E-state index contributed by atoms with van der Waals surface area (Å²) in [6, 6.07) is 13.2. The lowest BCUT2D eigenvalue weighted by Crippen LogP contribution is -2.30. The maximum Gasteiger partial charge on any atom is 0.150 e. The second-order valence-electron chi connectivity index (χ2n) is 6.87. The molecular weight excluding hydrogens is 360 g/mol. The van der Waals surface area contributed by atoms with Crippen molar-refractivity contribution in [2.24, 2.45) is 0 Å². The molecular formula is C21H16N2O5. The Hall–Kier alpha value is -3.58. The molecule has 2 heterocycles. The zero-order valence-electron chi connectivity index (χ0n) is 14.6. The van der Waals surface area contributed by atoms with Crippen molar-refractivity contribution in [1.29, 1.82) is 0 Å². The Bertz CT molecular complexity index is 1240. The van der Waals surface area contributed by atoms with E-state index >= 15 is 0 Å². The van der Waals surface area contributed by atoms with Crippen LogP contribution in [0.3, 0.4) is 0 Å². The third kappa shape index (κ3) is 2.56. The number of hydrogen-bond acceptors (Lipinski definition) is 7. The number of benzene rings is 3. The lowest BCUT2D eigenvalue weighted by atomic mass is 9.93. The molecule has 0 bridgehead atoms. The molecule has 7 nitrogen and oxygen atoms in total. The molecule has 0 amide bonds. The van der Waals surface area contributed by atoms with Gasteiger partial charge in [0, 0.05) is 29.7 Å². The van der Waals surface area contributed by atoms with Crippen LogP contribution >= 0.6 is 0 Å². The molecule has 5 rings (SSSR count). The summed E-state index contributed by atoms with van der Waals surface area (Å²) in [5, 5.41) is 40.8. The molecule has 4 N–H and O–H groups in total. The van der Waals surface area contributed by atoms with Crippen molar-refractivity contribution in [2.75, 3.05) is 0 Å². The van der Waals surface area contributed by atoms with Crippen LogP contribution in [-0.2, 0) is 6.42 Å². The standard InChI is InChI=1S/C21H16N2O5/c24-11-7-16(25)12-9-18(27)21(28-19(12)8-11)10-5-15-20(17(26)6-10)23-14-4-2-1-3-13(14)22-15/h1-8,18,21,24-27H,9H2/t18-,21-/m1/s1. The second-order valence-corrected chi connectivity index (χ2v) is 6.87. The van der Waals surface area contributed by atoms with Crippen molar-refractivity contribution in [3.05, 3.63) is 59.7 Å². The Balaban J connectivity index is 1.63. The van der Waals surface area contributed by atoms with Gasteiger partial charge in [-0.1, -0.05) is 12.1 Å². The maximum absolute atomic E-state index is 10.6. The highest BCUT2D eigenvalue weighted by molar-refractivity contribution is 5.89.